The molecule has 1 aromatic heterocycles. The lowest BCUT2D eigenvalue weighted by Gasteiger charge is -2.24. The first-order valence-electron chi connectivity index (χ1n) is 7.29. The van der Waals surface area contributed by atoms with E-state index in [9.17, 15) is 0 Å². The second kappa shape index (κ2) is 7.46. The summed E-state index contributed by atoms with van der Waals surface area (Å²) in [6.45, 7) is 9.67. The van der Waals surface area contributed by atoms with E-state index in [-0.39, 0.29) is 0 Å². The molecule has 0 aliphatic rings. The van der Waals surface area contributed by atoms with E-state index in [1.807, 2.05) is 11.3 Å². The zero-order chi connectivity index (χ0) is 14.4. The predicted molar refractivity (Wildman–Crippen MR) is 89.8 cm³/mol. The number of nitrogens with zero attached hydrogens (tertiary/aromatic N) is 1. The molecule has 2 nitrogen and oxygen atoms in total. The third-order valence-electron chi connectivity index (χ3n) is 3.55. The molecule has 108 valence electrons. The lowest BCUT2D eigenvalue weighted by Crippen LogP contribution is -2.33. The van der Waals surface area contributed by atoms with E-state index >= 15 is 0 Å². The lowest BCUT2D eigenvalue weighted by molar-refractivity contribution is 0.578. The van der Waals surface area contributed by atoms with Crippen molar-refractivity contribution in [3.8, 4) is 0 Å². The van der Waals surface area contributed by atoms with Gasteiger partial charge in [0.05, 0.1) is 0 Å². The van der Waals surface area contributed by atoms with Crippen LogP contribution in [0.3, 0.4) is 0 Å². The Labute approximate surface area is 126 Å². The molecule has 1 aromatic carbocycles. The molecule has 0 radical (unpaired) electrons. The van der Waals surface area contributed by atoms with Crippen molar-refractivity contribution in [3.63, 3.8) is 0 Å². The van der Waals surface area contributed by atoms with Crippen molar-refractivity contribution in [2.45, 2.75) is 26.8 Å². The fourth-order valence-electron chi connectivity index (χ4n) is 2.35. The maximum absolute atomic E-state index is 3.60. The Kier molecular flexibility index (Phi) is 5.62. The van der Waals surface area contributed by atoms with Gasteiger partial charge in [0.25, 0.3) is 0 Å². The number of hydrogen-bond donors (Lipinski definition) is 1. The fraction of sp³-hybridized carbons (Fsp3) is 0.412. The minimum atomic E-state index is 0.436. The first-order valence-corrected chi connectivity index (χ1v) is 8.17. The van der Waals surface area contributed by atoms with Gasteiger partial charge in [-0.3, -0.25) is 0 Å². The summed E-state index contributed by atoms with van der Waals surface area (Å²) in [5, 5.41) is 5.74. The Morgan fingerprint density at radius 1 is 1.25 bits per heavy atom. The van der Waals surface area contributed by atoms with E-state index in [4.69, 9.17) is 0 Å². The Morgan fingerprint density at radius 2 is 2.10 bits per heavy atom. The topological polar surface area (TPSA) is 15.3 Å². The van der Waals surface area contributed by atoms with Crippen LogP contribution in [0.4, 0.5) is 5.69 Å². The first-order chi connectivity index (χ1) is 9.70. The van der Waals surface area contributed by atoms with Gasteiger partial charge in [-0.15, -0.1) is 11.3 Å². The summed E-state index contributed by atoms with van der Waals surface area (Å²) in [6, 6.07) is 13.5. The summed E-state index contributed by atoms with van der Waals surface area (Å²) in [5.41, 5.74) is 2.64. The number of nitrogens with one attached hydrogen (secondary N) is 1. The van der Waals surface area contributed by atoms with Crippen LogP contribution in [-0.2, 0) is 0 Å². The Hall–Kier alpha value is -1.32. The standard InChI is InChI=1S/C17H24N2S/c1-4-19(16-8-5-7-14(2)13-16)11-10-18-15(3)17-9-6-12-20-17/h5-9,12-13,15,18H,4,10-11H2,1-3H3. The highest BCUT2D eigenvalue weighted by Gasteiger charge is 2.07. The molecule has 20 heavy (non-hydrogen) atoms. The van der Waals surface area contributed by atoms with Crippen molar-refractivity contribution < 1.29 is 0 Å². The first kappa shape index (κ1) is 15.1. The monoisotopic (exact) mass is 288 g/mol. The van der Waals surface area contributed by atoms with Gasteiger partial charge in [-0.05, 0) is 49.9 Å². The van der Waals surface area contributed by atoms with Crippen molar-refractivity contribution in [3.05, 3.63) is 52.2 Å². The molecule has 0 aliphatic carbocycles. The van der Waals surface area contributed by atoms with Crippen LogP contribution in [0.5, 0.6) is 0 Å². The minimum Gasteiger partial charge on any atom is -0.371 e. The molecule has 1 N–H and O–H groups in total. The van der Waals surface area contributed by atoms with Gasteiger partial charge in [0.15, 0.2) is 0 Å². The van der Waals surface area contributed by atoms with Gasteiger partial charge in [0.2, 0.25) is 0 Å². The number of thiophene rings is 1. The van der Waals surface area contributed by atoms with Crippen LogP contribution < -0.4 is 10.2 Å². The number of anilines is 1. The van der Waals surface area contributed by atoms with E-state index < -0.39 is 0 Å². The summed E-state index contributed by atoms with van der Waals surface area (Å²) in [7, 11) is 0. The second-order valence-corrected chi connectivity index (χ2v) is 6.09. The molecule has 0 aliphatic heterocycles. The lowest BCUT2D eigenvalue weighted by atomic mass is 10.2. The molecular formula is C17H24N2S. The van der Waals surface area contributed by atoms with E-state index in [0.29, 0.717) is 6.04 Å². The third-order valence-corrected chi connectivity index (χ3v) is 4.61. The van der Waals surface area contributed by atoms with Gasteiger partial charge in [-0.2, -0.15) is 0 Å². The van der Waals surface area contributed by atoms with Crippen molar-refractivity contribution in [1.29, 1.82) is 0 Å². The predicted octanol–water partition coefficient (Wildman–Crippen LogP) is 4.23. The molecule has 1 unspecified atom stereocenters. The smallest absolute Gasteiger partial charge is 0.0386 e. The van der Waals surface area contributed by atoms with Crippen LogP contribution in [0.25, 0.3) is 0 Å². The third kappa shape index (κ3) is 4.09. The highest BCUT2D eigenvalue weighted by molar-refractivity contribution is 7.10. The van der Waals surface area contributed by atoms with Crippen molar-refractivity contribution in [1.82, 2.24) is 5.32 Å². The molecule has 0 spiro atoms. The molecule has 1 atom stereocenters. The molecule has 0 saturated carbocycles. The minimum absolute atomic E-state index is 0.436. The van der Waals surface area contributed by atoms with Crippen molar-refractivity contribution in [2.75, 3.05) is 24.5 Å². The quantitative estimate of drug-likeness (QED) is 0.820. The van der Waals surface area contributed by atoms with Crippen LogP contribution in [0.15, 0.2) is 41.8 Å². The van der Waals surface area contributed by atoms with Crippen LogP contribution in [0, 0.1) is 6.92 Å². The molecule has 2 rings (SSSR count). The van der Waals surface area contributed by atoms with E-state index in [1.165, 1.54) is 16.1 Å². The van der Waals surface area contributed by atoms with Crippen LogP contribution >= 0.6 is 11.3 Å². The molecule has 3 heteroatoms. The molecule has 2 aromatic rings. The van der Waals surface area contributed by atoms with Crippen LogP contribution in [0.2, 0.25) is 0 Å². The summed E-state index contributed by atoms with van der Waals surface area (Å²) in [5.74, 6) is 0. The Balaban J connectivity index is 1.85. The average molecular weight is 288 g/mol. The number of hydrogen-bond acceptors (Lipinski definition) is 3. The average Bonchev–Trinajstić information content (AvgIpc) is 2.97. The SMILES string of the molecule is CCN(CCNC(C)c1cccs1)c1cccc(C)c1. The molecular weight excluding hydrogens is 264 g/mol. The van der Waals surface area contributed by atoms with Gasteiger partial charge in [0.1, 0.15) is 0 Å². The summed E-state index contributed by atoms with van der Waals surface area (Å²) < 4.78 is 0. The van der Waals surface area contributed by atoms with Crippen LogP contribution in [-0.4, -0.2) is 19.6 Å². The zero-order valence-corrected chi connectivity index (χ0v) is 13.4. The fourth-order valence-corrected chi connectivity index (χ4v) is 3.11. The maximum Gasteiger partial charge on any atom is 0.0386 e. The maximum atomic E-state index is 3.60. The molecule has 0 amide bonds. The summed E-state index contributed by atoms with van der Waals surface area (Å²) >= 11 is 1.82. The van der Waals surface area contributed by atoms with Crippen molar-refractivity contribution in [2.24, 2.45) is 0 Å². The molecule has 1 heterocycles. The molecule has 0 saturated heterocycles. The number of aryl methyl sites for hydroxylation is 1. The van der Waals surface area contributed by atoms with Crippen LogP contribution in [0.1, 0.15) is 30.3 Å². The van der Waals surface area contributed by atoms with Gasteiger partial charge in [0, 0.05) is 36.2 Å². The number of benzene rings is 1. The summed E-state index contributed by atoms with van der Waals surface area (Å²) in [6.07, 6.45) is 0. The van der Waals surface area contributed by atoms with E-state index in [2.05, 4.69) is 72.8 Å². The Bertz CT molecular complexity index is 507. The molecule has 0 fully saturated rings. The normalized spacial score (nSPS) is 12.3. The van der Waals surface area contributed by atoms with Gasteiger partial charge >= 0.3 is 0 Å². The van der Waals surface area contributed by atoms with Gasteiger partial charge in [-0.1, -0.05) is 18.2 Å². The second-order valence-electron chi connectivity index (χ2n) is 5.11. The van der Waals surface area contributed by atoms with E-state index in [1.54, 1.807) is 0 Å². The number of likely N-dealkylation sites (N-methyl/N-ethyl adjacent to an activating group) is 1. The van der Waals surface area contributed by atoms with Gasteiger partial charge < -0.3 is 10.2 Å². The molecule has 0 bridgehead atoms. The highest BCUT2D eigenvalue weighted by atomic mass is 32.1. The zero-order valence-electron chi connectivity index (χ0n) is 12.6. The Morgan fingerprint density at radius 3 is 2.75 bits per heavy atom. The van der Waals surface area contributed by atoms with E-state index in [0.717, 1.165) is 19.6 Å². The van der Waals surface area contributed by atoms with Crippen molar-refractivity contribution >= 4 is 17.0 Å². The summed E-state index contributed by atoms with van der Waals surface area (Å²) in [4.78, 5) is 3.82. The largest absolute Gasteiger partial charge is 0.371 e. The highest BCUT2D eigenvalue weighted by Crippen LogP contribution is 2.18. The van der Waals surface area contributed by atoms with Gasteiger partial charge in [-0.25, -0.2) is 0 Å². The number of rotatable bonds is 7.